The maximum Gasteiger partial charge on any atom is 0.240 e. The lowest BCUT2D eigenvalue weighted by Gasteiger charge is -2.18. The molecule has 2 aliphatic rings. The molecule has 1 fully saturated rings. The summed E-state index contributed by atoms with van der Waals surface area (Å²) in [6.45, 7) is 1.01. The second kappa shape index (κ2) is 8.12. The summed E-state index contributed by atoms with van der Waals surface area (Å²) < 4.78 is 11.0. The fraction of sp³-hybridized carbons (Fsp3) is 0.211. The minimum Gasteiger partial charge on any atom is -0.486 e. The number of thioether (sulfide) groups is 1. The van der Waals surface area contributed by atoms with Crippen molar-refractivity contribution in [2.45, 2.75) is 11.7 Å². The van der Waals surface area contributed by atoms with Crippen LogP contribution in [0.4, 0.5) is 11.4 Å². The molecule has 2 aromatic rings. The molecule has 0 radical (unpaired) electrons. The van der Waals surface area contributed by atoms with E-state index in [1.165, 1.54) is 11.8 Å². The van der Waals surface area contributed by atoms with Gasteiger partial charge in [-0.1, -0.05) is 35.5 Å². The van der Waals surface area contributed by atoms with E-state index in [1.54, 1.807) is 42.5 Å². The van der Waals surface area contributed by atoms with Crippen LogP contribution in [-0.2, 0) is 9.59 Å². The Morgan fingerprint density at radius 2 is 2.00 bits per heavy atom. The Bertz CT molecular complexity index is 966. The van der Waals surface area contributed by atoms with Crippen LogP contribution in [0, 0.1) is 0 Å². The summed E-state index contributed by atoms with van der Waals surface area (Å²) in [6.07, 6.45) is 0.0158. The normalized spacial score (nSPS) is 19.4. The number of fused-ring (bicyclic) bond motifs is 1. The first kappa shape index (κ1) is 18.6. The van der Waals surface area contributed by atoms with Gasteiger partial charge in [0, 0.05) is 12.5 Å². The molecular weight excluding hydrogens is 402 g/mol. The summed E-state index contributed by atoms with van der Waals surface area (Å²) in [7, 11) is 0. The number of amides is 2. The third-order valence-electron chi connectivity index (χ3n) is 4.05. The lowest BCUT2D eigenvalue weighted by atomic mass is 10.2. The van der Waals surface area contributed by atoms with Gasteiger partial charge in [0.15, 0.2) is 16.7 Å². The predicted octanol–water partition coefficient (Wildman–Crippen LogP) is 3.36. The molecule has 1 saturated heterocycles. The first-order valence-electron chi connectivity index (χ1n) is 8.59. The highest BCUT2D eigenvalue weighted by atomic mass is 35.5. The van der Waals surface area contributed by atoms with Gasteiger partial charge in [0.25, 0.3) is 0 Å². The highest BCUT2D eigenvalue weighted by Gasteiger charge is 2.32. The lowest BCUT2D eigenvalue weighted by molar-refractivity contribution is -0.122. The molecule has 0 unspecified atom stereocenters. The quantitative estimate of drug-likeness (QED) is 0.796. The molecule has 2 heterocycles. The predicted molar refractivity (Wildman–Crippen MR) is 109 cm³/mol. The molecule has 0 bridgehead atoms. The Labute approximate surface area is 170 Å². The zero-order valence-corrected chi connectivity index (χ0v) is 16.2. The average Bonchev–Trinajstić information content (AvgIpc) is 3.02. The monoisotopic (exact) mass is 417 g/mol. The summed E-state index contributed by atoms with van der Waals surface area (Å²) in [6, 6.07) is 12.3. The zero-order valence-electron chi connectivity index (χ0n) is 14.6. The van der Waals surface area contributed by atoms with Crippen LogP contribution >= 0.6 is 23.4 Å². The van der Waals surface area contributed by atoms with Gasteiger partial charge in [-0.2, -0.15) is 0 Å². The molecule has 2 aromatic carbocycles. The van der Waals surface area contributed by atoms with Gasteiger partial charge in [0.2, 0.25) is 11.8 Å². The molecule has 0 spiro atoms. The lowest BCUT2D eigenvalue weighted by Crippen LogP contribution is -2.28. The molecule has 4 rings (SSSR count). The Kier molecular flexibility index (Phi) is 5.40. The Balaban J connectivity index is 1.40. The molecule has 7 nitrogen and oxygen atoms in total. The Hall–Kier alpha value is -2.71. The Morgan fingerprint density at radius 1 is 1.21 bits per heavy atom. The first-order valence-corrected chi connectivity index (χ1v) is 9.84. The van der Waals surface area contributed by atoms with Gasteiger partial charge in [0.05, 0.1) is 16.4 Å². The molecule has 2 aliphatic heterocycles. The van der Waals surface area contributed by atoms with Crippen LogP contribution in [-0.4, -0.2) is 35.4 Å². The van der Waals surface area contributed by atoms with Crippen LogP contribution in [0.15, 0.2) is 47.5 Å². The van der Waals surface area contributed by atoms with E-state index in [0.717, 1.165) is 0 Å². The number of halogens is 1. The Morgan fingerprint density at radius 3 is 2.82 bits per heavy atom. The van der Waals surface area contributed by atoms with E-state index in [2.05, 4.69) is 15.6 Å². The summed E-state index contributed by atoms with van der Waals surface area (Å²) in [5, 5.41) is 5.76. The van der Waals surface area contributed by atoms with Gasteiger partial charge in [-0.25, -0.2) is 4.99 Å². The van der Waals surface area contributed by atoms with Crippen LogP contribution < -0.4 is 20.1 Å². The smallest absolute Gasteiger partial charge is 0.240 e. The van der Waals surface area contributed by atoms with E-state index >= 15 is 0 Å². The summed E-state index contributed by atoms with van der Waals surface area (Å²) in [5.41, 5.74) is 1.15. The van der Waals surface area contributed by atoms with Crippen molar-refractivity contribution >= 4 is 51.7 Å². The fourth-order valence-corrected chi connectivity index (χ4v) is 3.91. The van der Waals surface area contributed by atoms with Gasteiger partial charge in [-0.05, 0) is 24.3 Å². The zero-order chi connectivity index (χ0) is 19.5. The van der Waals surface area contributed by atoms with Crippen molar-refractivity contribution in [2.75, 3.05) is 18.5 Å². The molecule has 28 heavy (non-hydrogen) atoms. The number of ether oxygens (including phenoxy) is 2. The van der Waals surface area contributed by atoms with Crippen LogP contribution in [0.2, 0.25) is 5.02 Å². The number of rotatable bonds is 4. The number of benzene rings is 2. The number of nitrogens with one attached hydrogen (secondary N) is 2. The number of hydrogen-bond donors (Lipinski definition) is 2. The number of amidine groups is 1. The molecule has 144 valence electrons. The number of anilines is 1. The molecule has 2 N–H and O–H groups in total. The van der Waals surface area contributed by atoms with Crippen LogP contribution in [0.3, 0.4) is 0 Å². The number of carbonyl (C=O) groups is 2. The molecular formula is C19H16ClN3O4S. The largest absolute Gasteiger partial charge is 0.486 e. The van der Waals surface area contributed by atoms with Crippen molar-refractivity contribution in [1.82, 2.24) is 5.32 Å². The standard InChI is InChI=1S/C19H16ClN3O4S/c20-12-3-1-2-4-13(12)22-17(24)10-16-18(25)23-19(28-16)21-11-5-6-14-15(9-11)27-8-7-26-14/h1-6,9,16H,7-8,10H2,(H,22,24)(H,21,23,25)/t16-/m0/s1. The van der Waals surface area contributed by atoms with Crippen LogP contribution in [0.5, 0.6) is 11.5 Å². The van der Waals surface area contributed by atoms with Gasteiger partial charge in [0.1, 0.15) is 18.5 Å². The van der Waals surface area contributed by atoms with Crippen LogP contribution in [0.1, 0.15) is 6.42 Å². The highest BCUT2D eigenvalue weighted by molar-refractivity contribution is 8.15. The third kappa shape index (κ3) is 4.23. The molecule has 0 saturated carbocycles. The second-order valence-corrected chi connectivity index (χ2v) is 7.67. The molecule has 1 atom stereocenters. The van der Waals surface area contributed by atoms with E-state index in [1.807, 2.05) is 0 Å². The molecule has 0 aliphatic carbocycles. The summed E-state index contributed by atoms with van der Waals surface area (Å²) in [5.74, 6) is 0.752. The van der Waals surface area contributed by atoms with Gasteiger partial charge in [-0.3, -0.25) is 9.59 Å². The fourth-order valence-electron chi connectivity index (χ4n) is 2.74. The molecule has 2 amide bonds. The van der Waals surface area contributed by atoms with E-state index in [0.29, 0.717) is 46.3 Å². The first-order chi connectivity index (χ1) is 13.6. The van der Waals surface area contributed by atoms with Crippen molar-refractivity contribution in [1.29, 1.82) is 0 Å². The maximum atomic E-state index is 12.3. The SMILES string of the molecule is O=C(C[C@@H]1SC(=Nc2ccc3c(c2)OCCO3)NC1=O)Nc1ccccc1Cl. The van der Waals surface area contributed by atoms with Crippen molar-refractivity contribution in [3.05, 3.63) is 47.5 Å². The van der Waals surface area contributed by atoms with E-state index < -0.39 is 5.25 Å². The van der Waals surface area contributed by atoms with E-state index in [9.17, 15) is 9.59 Å². The van der Waals surface area contributed by atoms with Gasteiger partial charge >= 0.3 is 0 Å². The van der Waals surface area contributed by atoms with Crippen molar-refractivity contribution < 1.29 is 19.1 Å². The second-order valence-electron chi connectivity index (χ2n) is 6.07. The van der Waals surface area contributed by atoms with E-state index in [4.69, 9.17) is 21.1 Å². The number of para-hydroxylation sites is 1. The minimum atomic E-state index is -0.557. The number of carbonyl (C=O) groups excluding carboxylic acids is 2. The number of hydrogen-bond acceptors (Lipinski definition) is 6. The van der Waals surface area contributed by atoms with E-state index in [-0.39, 0.29) is 18.2 Å². The summed E-state index contributed by atoms with van der Waals surface area (Å²) >= 11 is 7.26. The topological polar surface area (TPSA) is 89.0 Å². The van der Waals surface area contributed by atoms with Crippen molar-refractivity contribution in [3.63, 3.8) is 0 Å². The maximum absolute atomic E-state index is 12.3. The van der Waals surface area contributed by atoms with Gasteiger partial charge < -0.3 is 20.1 Å². The number of nitrogens with zero attached hydrogens (tertiary/aromatic N) is 1. The average molecular weight is 418 g/mol. The highest BCUT2D eigenvalue weighted by Crippen LogP contribution is 2.34. The molecule has 0 aromatic heterocycles. The van der Waals surface area contributed by atoms with Crippen LogP contribution in [0.25, 0.3) is 0 Å². The molecule has 9 heteroatoms. The third-order valence-corrected chi connectivity index (χ3v) is 5.46. The summed E-state index contributed by atoms with van der Waals surface area (Å²) in [4.78, 5) is 28.9. The minimum absolute atomic E-state index is 0.0158. The van der Waals surface area contributed by atoms with Crippen molar-refractivity contribution in [3.8, 4) is 11.5 Å². The number of aliphatic imine (C=N–C) groups is 1. The van der Waals surface area contributed by atoms with Crippen molar-refractivity contribution in [2.24, 2.45) is 4.99 Å². The van der Waals surface area contributed by atoms with Gasteiger partial charge in [-0.15, -0.1) is 0 Å².